The van der Waals surface area contributed by atoms with Gasteiger partial charge in [0, 0.05) is 48.3 Å². The van der Waals surface area contributed by atoms with Gasteiger partial charge in [-0.1, -0.05) is 45.3 Å². The van der Waals surface area contributed by atoms with Crippen LogP contribution in [0.2, 0.25) is 5.02 Å². The summed E-state index contributed by atoms with van der Waals surface area (Å²) in [5, 5.41) is 0.737. The molecule has 1 saturated heterocycles. The zero-order valence-corrected chi connectivity index (χ0v) is 21.4. The second kappa shape index (κ2) is 12.0. The van der Waals surface area contributed by atoms with E-state index >= 15 is 0 Å². The highest BCUT2D eigenvalue weighted by Gasteiger charge is 2.29. The van der Waals surface area contributed by atoms with Gasteiger partial charge in [-0.2, -0.15) is 0 Å². The van der Waals surface area contributed by atoms with E-state index in [1.54, 1.807) is 26.5 Å². The third-order valence-corrected chi connectivity index (χ3v) is 8.32. The SMILES string of the molecule is CC(=O)OCCSSCCOC(=O)N1CC/C(=C2/c3ccc(Cl)cc3CCc3cccnc32)C1. The van der Waals surface area contributed by atoms with Crippen LogP contribution in [0, 0.1) is 0 Å². The van der Waals surface area contributed by atoms with Gasteiger partial charge in [0.15, 0.2) is 0 Å². The van der Waals surface area contributed by atoms with Gasteiger partial charge in [-0.25, -0.2) is 4.79 Å². The number of carbonyl (C=O) groups is 2. The lowest BCUT2D eigenvalue weighted by molar-refractivity contribution is -0.140. The highest BCUT2D eigenvalue weighted by atomic mass is 35.5. The molecule has 0 saturated carbocycles. The number of ether oxygens (including phenoxy) is 2. The minimum absolute atomic E-state index is 0.269. The summed E-state index contributed by atoms with van der Waals surface area (Å²) in [5.74, 6) is 1.13. The first kappa shape index (κ1) is 24.9. The fraction of sp³-hybridized carbons (Fsp3) is 0.400. The van der Waals surface area contributed by atoms with E-state index in [-0.39, 0.29) is 12.1 Å². The smallest absolute Gasteiger partial charge is 0.410 e. The largest absolute Gasteiger partial charge is 0.465 e. The normalized spacial score (nSPS) is 17.1. The number of carbonyl (C=O) groups excluding carboxylic acids is 2. The topological polar surface area (TPSA) is 68.7 Å². The van der Waals surface area contributed by atoms with E-state index in [0.29, 0.717) is 37.8 Å². The molecule has 180 valence electrons. The molecule has 1 aliphatic heterocycles. The number of hydrogen-bond donors (Lipinski definition) is 0. The van der Waals surface area contributed by atoms with Crippen molar-refractivity contribution in [3.8, 4) is 0 Å². The van der Waals surface area contributed by atoms with Crippen molar-refractivity contribution in [2.75, 3.05) is 37.8 Å². The standard InChI is InChI=1S/C25H27ClN2O4S2/c1-17(29)31-11-13-33-34-14-12-32-25(30)28-10-8-20(16-28)23-22-7-6-21(26)15-19(22)5-4-18-3-2-9-27-24(18)23/h2-3,6-7,9,15H,4-5,8,10-14,16H2,1H3/b23-20+. The molecular formula is C25H27ClN2O4S2. The van der Waals surface area contributed by atoms with Gasteiger partial charge in [-0.3, -0.25) is 9.78 Å². The molecule has 1 fully saturated rings. The number of rotatable bonds is 7. The first-order valence-corrected chi connectivity index (χ1v) is 14.1. The Morgan fingerprint density at radius 3 is 2.62 bits per heavy atom. The summed E-state index contributed by atoms with van der Waals surface area (Å²) >= 11 is 6.30. The van der Waals surface area contributed by atoms with Crippen molar-refractivity contribution in [2.45, 2.75) is 26.2 Å². The van der Waals surface area contributed by atoms with Crippen LogP contribution in [0.15, 0.2) is 42.1 Å². The second-order valence-corrected chi connectivity index (χ2v) is 11.2. The molecule has 2 heterocycles. The zero-order valence-electron chi connectivity index (χ0n) is 19.0. The fourth-order valence-corrected chi connectivity index (χ4v) is 6.09. The Kier molecular flexibility index (Phi) is 8.80. The summed E-state index contributed by atoms with van der Waals surface area (Å²) in [7, 11) is 3.20. The van der Waals surface area contributed by atoms with Crippen LogP contribution in [-0.4, -0.2) is 59.8 Å². The lowest BCUT2D eigenvalue weighted by Crippen LogP contribution is -2.29. The average molecular weight is 519 g/mol. The molecule has 2 aromatic rings. The summed E-state index contributed by atoms with van der Waals surface area (Å²) in [4.78, 5) is 29.9. The number of halogens is 1. The van der Waals surface area contributed by atoms with Crippen molar-refractivity contribution >= 4 is 50.8 Å². The Morgan fingerprint density at radius 1 is 1.06 bits per heavy atom. The number of aryl methyl sites for hydroxylation is 2. The molecular weight excluding hydrogens is 492 g/mol. The number of aromatic nitrogens is 1. The van der Waals surface area contributed by atoms with Crippen molar-refractivity contribution in [1.29, 1.82) is 0 Å². The van der Waals surface area contributed by atoms with E-state index < -0.39 is 0 Å². The maximum Gasteiger partial charge on any atom is 0.410 e. The number of hydrogen-bond acceptors (Lipinski definition) is 7. The third-order valence-electron chi connectivity index (χ3n) is 5.75. The Hall–Kier alpha value is -2.16. The van der Waals surface area contributed by atoms with Gasteiger partial charge in [-0.05, 0) is 59.7 Å². The van der Waals surface area contributed by atoms with Crippen LogP contribution in [0.25, 0.3) is 5.57 Å². The molecule has 1 aromatic heterocycles. The van der Waals surface area contributed by atoms with Crippen molar-refractivity contribution < 1.29 is 19.1 Å². The van der Waals surface area contributed by atoms with Gasteiger partial charge in [-0.15, -0.1) is 0 Å². The van der Waals surface area contributed by atoms with Crippen LogP contribution in [0.5, 0.6) is 0 Å². The van der Waals surface area contributed by atoms with E-state index in [2.05, 4.69) is 12.1 Å². The number of amides is 1. The summed E-state index contributed by atoms with van der Waals surface area (Å²) in [6, 6.07) is 10.2. The molecule has 4 rings (SSSR count). The molecule has 0 unspecified atom stereocenters. The second-order valence-electron chi connectivity index (χ2n) is 8.06. The first-order chi connectivity index (χ1) is 16.5. The molecule has 9 heteroatoms. The minimum atomic E-state index is -0.285. The molecule has 0 spiro atoms. The zero-order chi connectivity index (χ0) is 23.9. The van der Waals surface area contributed by atoms with E-state index in [9.17, 15) is 9.59 Å². The van der Waals surface area contributed by atoms with E-state index in [4.69, 9.17) is 26.1 Å². The molecule has 1 amide bonds. The lowest BCUT2D eigenvalue weighted by Gasteiger charge is -2.17. The van der Waals surface area contributed by atoms with Crippen LogP contribution in [0.1, 0.15) is 35.7 Å². The van der Waals surface area contributed by atoms with Crippen LogP contribution in [0.3, 0.4) is 0 Å². The van der Waals surface area contributed by atoms with Gasteiger partial charge in [0.1, 0.15) is 13.2 Å². The minimum Gasteiger partial charge on any atom is -0.465 e. The van der Waals surface area contributed by atoms with Gasteiger partial charge in [0.2, 0.25) is 0 Å². The van der Waals surface area contributed by atoms with E-state index in [1.165, 1.54) is 23.6 Å². The molecule has 0 radical (unpaired) electrons. The highest BCUT2D eigenvalue weighted by molar-refractivity contribution is 8.76. The van der Waals surface area contributed by atoms with Crippen LogP contribution in [-0.2, 0) is 27.1 Å². The molecule has 1 aromatic carbocycles. The Balaban J connectivity index is 1.39. The first-order valence-electron chi connectivity index (χ1n) is 11.3. The quantitative estimate of drug-likeness (QED) is 0.275. The predicted octanol–water partition coefficient (Wildman–Crippen LogP) is 5.42. The number of benzene rings is 1. The van der Waals surface area contributed by atoms with E-state index in [1.807, 2.05) is 24.4 Å². The summed E-state index contributed by atoms with van der Waals surface area (Å²) in [6.07, 6.45) is 4.17. The number of esters is 1. The number of nitrogens with zero attached hydrogens (tertiary/aromatic N) is 2. The molecule has 34 heavy (non-hydrogen) atoms. The molecule has 0 bridgehead atoms. The van der Waals surface area contributed by atoms with E-state index in [0.717, 1.165) is 41.1 Å². The summed E-state index contributed by atoms with van der Waals surface area (Å²) in [5.41, 5.74) is 6.96. The van der Waals surface area contributed by atoms with Crippen molar-refractivity contribution in [3.05, 3.63) is 69.5 Å². The van der Waals surface area contributed by atoms with Gasteiger partial charge >= 0.3 is 12.1 Å². The summed E-state index contributed by atoms with van der Waals surface area (Å²) in [6.45, 7) is 3.31. The third kappa shape index (κ3) is 6.29. The van der Waals surface area contributed by atoms with Crippen molar-refractivity contribution in [1.82, 2.24) is 9.88 Å². The van der Waals surface area contributed by atoms with Gasteiger partial charge < -0.3 is 14.4 Å². The van der Waals surface area contributed by atoms with Crippen molar-refractivity contribution in [2.24, 2.45) is 0 Å². The maximum absolute atomic E-state index is 12.7. The van der Waals surface area contributed by atoms with Gasteiger partial charge in [0.25, 0.3) is 0 Å². The van der Waals surface area contributed by atoms with Crippen LogP contribution >= 0.6 is 33.2 Å². The van der Waals surface area contributed by atoms with Crippen LogP contribution < -0.4 is 0 Å². The predicted molar refractivity (Wildman–Crippen MR) is 138 cm³/mol. The molecule has 1 aliphatic carbocycles. The Bertz CT molecular complexity index is 1090. The molecule has 0 atom stereocenters. The number of likely N-dealkylation sites (tertiary alicyclic amines) is 1. The molecule has 6 nitrogen and oxygen atoms in total. The molecule has 0 N–H and O–H groups in total. The van der Waals surface area contributed by atoms with Gasteiger partial charge in [0.05, 0.1) is 5.69 Å². The van der Waals surface area contributed by atoms with Crippen molar-refractivity contribution in [3.63, 3.8) is 0 Å². The highest BCUT2D eigenvalue weighted by Crippen LogP contribution is 2.38. The number of pyridine rings is 1. The maximum atomic E-state index is 12.7. The lowest BCUT2D eigenvalue weighted by atomic mass is 9.92. The average Bonchev–Trinajstić information content (AvgIpc) is 3.25. The number of fused-ring (bicyclic) bond motifs is 2. The monoisotopic (exact) mass is 518 g/mol. The Morgan fingerprint density at radius 2 is 1.82 bits per heavy atom. The van der Waals surface area contributed by atoms with Crippen LogP contribution in [0.4, 0.5) is 4.79 Å². The fourth-order valence-electron chi connectivity index (χ4n) is 4.24. The summed E-state index contributed by atoms with van der Waals surface area (Å²) < 4.78 is 10.4. The Labute approximate surface area is 212 Å². The molecule has 2 aliphatic rings.